The third-order valence-electron chi connectivity index (χ3n) is 3.08. The smallest absolute Gasteiger partial charge is 0.264 e. The minimum atomic E-state index is -4.19. The van der Waals surface area contributed by atoms with Crippen LogP contribution >= 0.6 is 7.37 Å². The molecule has 0 radical (unpaired) electrons. The van der Waals surface area contributed by atoms with Gasteiger partial charge in [-0.2, -0.15) is 8.42 Å². The van der Waals surface area contributed by atoms with Crippen molar-refractivity contribution >= 4 is 17.5 Å². The summed E-state index contributed by atoms with van der Waals surface area (Å²) in [5.41, 5.74) is 6.35. The van der Waals surface area contributed by atoms with Crippen molar-refractivity contribution in [2.45, 2.75) is 18.6 Å². The van der Waals surface area contributed by atoms with E-state index in [1.165, 1.54) is 7.11 Å². The van der Waals surface area contributed by atoms with E-state index in [2.05, 4.69) is 0 Å². The summed E-state index contributed by atoms with van der Waals surface area (Å²) in [5.74, 6) is -1.20. The van der Waals surface area contributed by atoms with Crippen LogP contribution in [0.15, 0.2) is 24.3 Å². The molecule has 0 saturated heterocycles. The first-order valence-electron chi connectivity index (χ1n) is 6.30. The van der Waals surface area contributed by atoms with E-state index in [0.717, 1.165) is 5.56 Å². The number of nitrogens with two attached hydrogens (primary N) is 1. The van der Waals surface area contributed by atoms with Crippen LogP contribution in [0.4, 0.5) is 0 Å². The molecule has 0 aliphatic rings. The minimum absolute atomic E-state index is 0.0833. The predicted octanol–water partition coefficient (Wildman–Crippen LogP) is 1.07. The standard InChI is InChI=1S/C12H20NO6PS/c1-19-11-5-3-2-4-10(11)6-8-20(14,15)12(13)7-9-21(16,17)18/h2-5,12H,6-9,13H2,1H3,(H,14,15)(H,16,17,18). The molecule has 0 bridgehead atoms. The fraction of sp³-hybridized carbons (Fsp3) is 0.500. The molecule has 0 amide bonds. The van der Waals surface area contributed by atoms with Crippen molar-refractivity contribution in [2.75, 3.05) is 19.0 Å². The van der Waals surface area contributed by atoms with E-state index < -0.39 is 29.0 Å². The molecular weight excluding hydrogens is 317 g/mol. The Morgan fingerprint density at radius 1 is 1.38 bits per heavy atom. The number of hydrogen-bond acceptors (Lipinski definition) is 5. The Hall–Kier alpha value is -0.920. The Kier molecular flexibility index (Phi) is 6.37. The van der Waals surface area contributed by atoms with Gasteiger partial charge in [-0.25, -0.2) is 0 Å². The fourth-order valence-electron chi connectivity index (χ4n) is 1.83. The van der Waals surface area contributed by atoms with Gasteiger partial charge in [0.25, 0.3) is 10.1 Å². The van der Waals surface area contributed by atoms with Crippen LogP contribution in [0.2, 0.25) is 0 Å². The number of rotatable bonds is 8. The highest BCUT2D eigenvalue weighted by molar-refractivity contribution is 7.85. The highest BCUT2D eigenvalue weighted by Gasteiger charge is 2.28. The van der Waals surface area contributed by atoms with Gasteiger partial charge in [0.05, 0.1) is 18.6 Å². The van der Waals surface area contributed by atoms with Crippen LogP contribution in [0.25, 0.3) is 0 Å². The van der Waals surface area contributed by atoms with Crippen LogP contribution in [-0.2, 0) is 21.1 Å². The average molecular weight is 337 g/mol. The third kappa shape index (κ3) is 6.15. The van der Waals surface area contributed by atoms with E-state index in [9.17, 15) is 17.9 Å². The Labute approximate surface area is 124 Å². The molecule has 1 rings (SSSR count). The van der Waals surface area contributed by atoms with Gasteiger partial charge in [-0.1, -0.05) is 18.2 Å². The van der Waals surface area contributed by atoms with E-state index in [1.807, 2.05) is 0 Å². The lowest BCUT2D eigenvalue weighted by Gasteiger charge is -2.19. The van der Waals surface area contributed by atoms with Gasteiger partial charge < -0.3 is 15.4 Å². The van der Waals surface area contributed by atoms with Gasteiger partial charge in [0, 0.05) is 6.16 Å². The van der Waals surface area contributed by atoms with Crippen molar-refractivity contribution in [1.82, 2.24) is 0 Å². The van der Waals surface area contributed by atoms with Gasteiger partial charge in [0.15, 0.2) is 0 Å². The lowest BCUT2D eigenvalue weighted by molar-refractivity contribution is 0.409. The summed E-state index contributed by atoms with van der Waals surface area (Å²) >= 11 is 0. The van der Waals surface area contributed by atoms with E-state index in [1.54, 1.807) is 24.3 Å². The first-order valence-corrected chi connectivity index (χ1v) is 9.82. The van der Waals surface area contributed by atoms with Crippen molar-refractivity contribution in [3.05, 3.63) is 29.8 Å². The Balaban J connectivity index is 2.65. The number of methoxy groups -OCH3 is 1. The van der Waals surface area contributed by atoms with Crippen molar-refractivity contribution in [3.8, 4) is 5.75 Å². The van der Waals surface area contributed by atoms with Crippen molar-refractivity contribution in [3.63, 3.8) is 0 Å². The molecule has 0 aliphatic heterocycles. The largest absolute Gasteiger partial charge is 0.496 e. The Bertz CT molecular complexity index is 618. The second-order valence-electron chi connectivity index (χ2n) is 4.68. The molecule has 0 spiro atoms. The van der Waals surface area contributed by atoms with Crippen LogP contribution in [-0.4, -0.2) is 42.7 Å². The molecule has 9 heteroatoms. The zero-order valence-corrected chi connectivity index (χ0v) is 13.4. The summed E-state index contributed by atoms with van der Waals surface area (Å²) in [6, 6.07) is 7.11. The quantitative estimate of drug-likeness (QED) is 0.478. The molecule has 0 aromatic heterocycles. The molecule has 4 N–H and O–H groups in total. The molecule has 1 aromatic carbocycles. The Morgan fingerprint density at radius 2 is 2.00 bits per heavy atom. The van der Waals surface area contributed by atoms with Crippen LogP contribution in [0, 0.1) is 0 Å². The van der Waals surface area contributed by atoms with Gasteiger partial charge in [-0.15, -0.1) is 0 Å². The molecule has 0 fully saturated rings. The number of benzene rings is 1. The van der Waals surface area contributed by atoms with E-state index >= 15 is 0 Å². The highest BCUT2D eigenvalue weighted by atomic mass is 32.2. The average Bonchev–Trinajstić information content (AvgIpc) is 2.42. The topological polar surface area (TPSA) is 127 Å². The molecule has 2 atom stereocenters. The number of para-hydroxylation sites is 1. The zero-order chi connectivity index (χ0) is 16.1. The van der Waals surface area contributed by atoms with Crippen molar-refractivity contribution < 1.29 is 27.2 Å². The maximum atomic E-state index is 12.1. The Morgan fingerprint density at radius 3 is 2.57 bits per heavy atom. The van der Waals surface area contributed by atoms with Crippen molar-refractivity contribution in [1.29, 1.82) is 0 Å². The van der Waals surface area contributed by atoms with Crippen molar-refractivity contribution in [2.24, 2.45) is 5.73 Å². The number of ether oxygens (including phenoxy) is 1. The van der Waals surface area contributed by atoms with Gasteiger partial charge in [-0.3, -0.25) is 9.12 Å². The lowest BCUT2D eigenvalue weighted by atomic mass is 10.1. The molecule has 21 heavy (non-hydrogen) atoms. The second kappa shape index (κ2) is 7.38. The molecular formula is C12H20NO6PS. The lowest BCUT2D eigenvalue weighted by Crippen LogP contribution is -2.25. The first kappa shape index (κ1) is 18.1. The SMILES string of the molecule is COc1ccccc1CCP(=O)(O)C(N)CCS(=O)(=O)O. The maximum absolute atomic E-state index is 12.1. The summed E-state index contributed by atoms with van der Waals surface area (Å²) in [6.07, 6.45) is -0.0596. The summed E-state index contributed by atoms with van der Waals surface area (Å²) in [6.45, 7) is 0. The van der Waals surface area contributed by atoms with Gasteiger partial charge in [0.1, 0.15) is 5.75 Å². The number of hydrogen-bond donors (Lipinski definition) is 3. The normalized spacial score (nSPS) is 16.2. The summed E-state index contributed by atoms with van der Waals surface area (Å²) in [4.78, 5) is 9.92. The van der Waals surface area contributed by atoms with Gasteiger partial charge in [0.2, 0.25) is 7.37 Å². The van der Waals surface area contributed by atoms with Crippen LogP contribution < -0.4 is 10.5 Å². The van der Waals surface area contributed by atoms with E-state index in [4.69, 9.17) is 15.0 Å². The van der Waals surface area contributed by atoms with Gasteiger partial charge in [-0.05, 0) is 24.5 Å². The molecule has 1 aromatic rings. The first-order chi connectivity index (χ1) is 9.65. The fourth-order valence-corrected chi connectivity index (χ4v) is 3.98. The van der Waals surface area contributed by atoms with Crippen LogP contribution in [0.5, 0.6) is 5.75 Å². The monoisotopic (exact) mass is 337 g/mol. The van der Waals surface area contributed by atoms with Gasteiger partial charge >= 0.3 is 0 Å². The molecule has 120 valence electrons. The maximum Gasteiger partial charge on any atom is 0.264 e. The molecule has 0 saturated carbocycles. The highest BCUT2D eigenvalue weighted by Crippen LogP contribution is 2.46. The molecule has 0 aliphatic carbocycles. The zero-order valence-electron chi connectivity index (χ0n) is 11.7. The summed E-state index contributed by atoms with van der Waals surface area (Å²) in [5, 5.41) is 0. The number of aryl methyl sites for hydroxylation is 1. The van der Waals surface area contributed by atoms with E-state index in [0.29, 0.717) is 5.75 Å². The second-order valence-corrected chi connectivity index (χ2v) is 8.88. The third-order valence-corrected chi connectivity index (χ3v) is 5.99. The van der Waals surface area contributed by atoms with Crippen LogP contribution in [0.1, 0.15) is 12.0 Å². The predicted molar refractivity (Wildman–Crippen MR) is 80.4 cm³/mol. The summed E-state index contributed by atoms with van der Waals surface area (Å²) < 4.78 is 47.2. The van der Waals surface area contributed by atoms with E-state index in [-0.39, 0.29) is 19.0 Å². The minimum Gasteiger partial charge on any atom is -0.496 e. The molecule has 2 unspecified atom stereocenters. The summed E-state index contributed by atoms with van der Waals surface area (Å²) in [7, 11) is -6.40. The van der Waals surface area contributed by atoms with Crippen LogP contribution in [0.3, 0.4) is 0 Å². The molecule has 0 heterocycles. The molecule has 7 nitrogen and oxygen atoms in total.